The molecule has 4 aliphatic carbocycles. The molecule has 8 atom stereocenters. The highest BCUT2D eigenvalue weighted by Gasteiger charge is 2.71. The third-order valence-electron chi connectivity index (χ3n) is 9.79. The number of hydrogen-bond acceptors (Lipinski definition) is 6. The second kappa shape index (κ2) is 6.41. The minimum Gasteiger partial charge on any atom is -0.469 e. The maximum atomic E-state index is 12.9. The summed E-state index contributed by atoms with van der Waals surface area (Å²) < 4.78 is 11.2. The molecule has 5 rings (SSSR count). The van der Waals surface area contributed by atoms with E-state index in [-0.39, 0.29) is 52.2 Å². The summed E-state index contributed by atoms with van der Waals surface area (Å²) in [5.74, 6) is -0.636. The highest BCUT2D eigenvalue weighted by molar-refractivity contribution is 5.92. The number of hydrogen-bond donors (Lipinski definition) is 1. The highest BCUT2D eigenvalue weighted by Crippen LogP contribution is 2.70. The molecule has 1 N–H and O–H groups in total. The van der Waals surface area contributed by atoms with Gasteiger partial charge in [0, 0.05) is 18.3 Å². The van der Waals surface area contributed by atoms with Gasteiger partial charge in [-0.3, -0.25) is 14.4 Å². The topological polar surface area (TPSA) is 89.9 Å². The molecule has 0 aromatic heterocycles. The van der Waals surface area contributed by atoms with Gasteiger partial charge in [-0.05, 0) is 67.8 Å². The smallest absolute Gasteiger partial charge is 0.309 e. The van der Waals surface area contributed by atoms with Crippen molar-refractivity contribution in [3.05, 3.63) is 11.6 Å². The molecular weight excluding hydrogens is 384 g/mol. The second-order valence-corrected chi connectivity index (χ2v) is 10.8. The monoisotopic (exact) mass is 416 g/mol. The molecule has 3 saturated carbocycles. The molecule has 1 aliphatic heterocycles. The number of esters is 2. The van der Waals surface area contributed by atoms with E-state index >= 15 is 0 Å². The molecule has 0 aromatic carbocycles. The third-order valence-corrected chi connectivity index (χ3v) is 9.79. The Morgan fingerprint density at radius 1 is 1.20 bits per heavy atom. The number of methoxy groups -OCH3 is 1. The van der Waals surface area contributed by atoms with Crippen molar-refractivity contribution in [3.63, 3.8) is 0 Å². The van der Waals surface area contributed by atoms with E-state index in [1.54, 1.807) is 6.08 Å². The van der Waals surface area contributed by atoms with E-state index in [1.165, 1.54) is 7.11 Å². The van der Waals surface area contributed by atoms with Crippen LogP contribution in [-0.4, -0.2) is 41.6 Å². The van der Waals surface area contributed by atoms with Crippen LogP contribution in [0.2, 0.25) is 0 Å². The maximum absolute atomic E-state index is 12.9. The van der Waals surface area contributed by atoms with Crippen molar-refractivity contribution >= 4 is 17.7 Å². The fraction of sp³-hybridized carbons (Fsp3) is 0.792. The van der Waals surface area contributed by atoms with Crippen molar-refractivity contribution in [2.24, 2.45) is 34.5 Å². The quantitative estimate of drug-likeness (QED) is 0.661. The zero-order valence-corrected chi connectivity index (χ0v) is 18.1. The molecule has 6 nitrogen and oxygen atoms in total. The molecule has 1 heterocycles. The number of allylic oxidation sites excluding steroid dienone is 1. The molecular formula is C24H32O6. The van der Waals surface area contributed by atoms with E-state index < -0.39 is 11.7 Å². The van der Waals surface area contributed by atoms with Gasteiger partial charge in [0.25, 0.3) is 0 Å². The molecule has 5 aliphatic rings. The molecule has 0 bridgehead atoms. The number of carbonyl (C=O) groups excluding carboxylic acids is 3. The Balaban J connectivity index is 1.62. The zero-order valence-electron chi connectivity index (χ0n) is 18.1. The van der Waals surface area contributed by atoms with Crippen molar-refractivity contribution in [1.29, 1.82) is 0 Å². The SMILES string of the molecule is COC(=O)C1CC2=CC(=O)CC[C@]2(C)[C@H]2C(O)C[C@@]3(C)[C@H](CC[C@@]34CCC(=O)O4)[C@H]12. The van der Waals surface area contributed by atoms with E-state index in [1.807, 2.05) is 0 Å². The lowest BCUT2D eigenvalue weighted by atomic mass is 9.43. The van der Waals surface area contributed by atoms with Crippen molar-refractivity contribution in [3.8, 4) is 0 Å². The zero-order chi connectivity index (χ0) is 21.5. The molecule has 6 heteroatoms. The summed E-state index contributed by atoms with van der Waals surface area (Å²) in [7, 11) is 1.42. The summed E-state index contributed by atoms with van der Waals surface area (Å²) in [6.07, 6.45) is 6.21. The van der Waals surface area contributed by atoms with Crippen LogP contribution in [-0.2, 0) is 23.9 Å². The molecule has 0 radical (unpaired) electrons. The Hall–Kier alpha value is -1.69. The standard InChI is InChI=1S/C24H32O6/c1-22-7-4-14(25)10-13(22)11-15(21(28)29-3)19-16-5-8-24(9-6-18(27)30-24)23(16,2)12-17(26)20(19)22/h10,15-17,19-20,26H,4-9,11-12H2,1-3H3/t15?,16-,17?,19+,20+,22+,23+,24-/m1/s1. The van der Waals surface area contributed by atoms with E-state index in [9.17, 15) is 19.5 Å². The first-order chi connectivity index (χ1) is 14.1. The normalized spacial score (nSPS) is 49.7. The van der Waals surface area contributed by atoms with Crippen LogP contribution in [0.3, 0.4) is 0 Å². The second-order valence-electron chi connectivity index (χ2n) is 10.8. The minimum atomic E-state index is -0.611. The number of aliphatic hydroxyl groups is 1. The largest absolute Gasteiger partial charge is 0.469 e. The molecule has 4 fully saturated rings. The Morgan fingerprint density at radius 3 is 2.63 bits per heavy atom. The van der Waals surface area contributed by atoms with Gasteiger partial charge >= 0.3 is 11.9 Å². The minimum absolute atomic E-state index is 0.0415. The van der Waals surface area contributed by atoms with Gasteiger partial charge in [-0.25, -0.2) is 0 Å². The van der Waals surface area contributed by atoms with Crippen LogP contribution in [0.15, 0.2) is 11.6 Å². The van der Waals surface area contributed by atoms with Crippen molar-refractivity contribution < 1.29 is 29.0 Å². The lowest BCUT2D eigenvalue weighted by Gasteiger charge is -2.62. The number of ketones is 1. The fourth-order valence-electron chi connectivity index (χ4n) is 8.35. The first kappa shape index (κ1) is 20.2. The Morgan fingerprint density at radius 2 is 1.97 bits per heavy atom. The third kappa shape index (κ3) is 2.43. The summed E-state index contributed by atoms with van der Waals surface area (Å²) in [5, 5.41) is 11.6. The summed E-state index contributed by atoms with van der Waals surface area (Å²) in [4.78, 5) is 37.2. The summed E-state index contributed by atoms with van der Waals surface area (Å²) >= 11 is 0. The van der Waals surface area contributed by atoms with Gasteiger partial charge in [0.1, 0.15) is 5.60 Å². The van der Waals surface area contributed by atoms with Gasteiger partial charge in [0.05, 0.1) is 19.1 Å². The number of rotatable bonds is 1. The van der Waals surface area contributed by atoms with E-state index in [4.69, 9.17) is 9.47 Å². The average molecular weight is 417 g/mol. The molecule has 1 saturated heterocycles. The van der Waals surface area contributed by atoms with E-state index in [2.05, 4.69) is 13.8 Å². The van der Waals surface area contributed by atoms with Gasteiger partial charge in [-0.15, -0.1) is 0 Å². The number of ether oxygens (including phenoxy) is 2. The molecule has 1 spiro atoms. The summed E-state index contributed by atoms with van der Waals surface area (Å²) in [6, 6.07) is 0. The number of fused-ring (bicyclic) bond motifs is 6. The molecule has 2 unspecified atom stereocenters. The van der Waals surface area contributed by atoms with Crippen LogP contribution in [0.1, 0.15) is 65.2 Å². The van der Waals surface area contributed by atoms with Gasteiger partial charge < -0.3 is 14.6 Å². The lowest BCUT2D eigenvalue weighted by Crippen LogP contribution is -2.62. The predicted octanol–water partition coefficient (Wildman–Crippen LogP) is 2.96. The average Bonchev–Trinajstić information content (AvgIpc) is 3.21. The van der Waals surface area contributed by atoms with Crippen LogP contribution < -0.4 is 0 Å². The first-order valence-electron chi connectivity index (χ1n) is 11.4. The summed E-state index contributed by atoms with van der Waals surface area (Å²) in [6.45, 7) is 4.33. The van der Waals surface area contributed by atoms with Crippen LogP contribution in [0, 0.1) is 34.5 Å². The Labute approximate surface area is 177 Å². The van der Waals surface area contributed by atoms with Crippen LogP contribution in [0.25, 0.3) is 0 Å². The molecule has 0 aromatic rings. The first-order valence-corrected chi connectivity index (χ1v) is 11.4. The van der Waals surface area contributed by atoms with Gasteiger partial charge in [-0.2, -0.15) is 0 Å². The molecule has 164 valence electrons. The molecule has 0 amide bonds. The lowest BCUT2D eigenvalue weighted by molar-refractivity contribution is -0.197. The molecule has 30 heavy (non-hydrogen) atoms. The summed E-state index contributed by atoms with van der Waals surface area (Å²) in [5.41, 5.74) is -0.168. The van der Waals surface area contributed by atoms with Gasteiger partial charge in [0.2, 0.25) is 0 Å². The number of carbonyl (C=O) groups is 3. The highest BCUT2D eigenvalue weighted by atomic mass is 16.6. The Kier molecular flexibility index (Phi) is 4.32. The van der Waals surface area contributed by atoms with Crippen LogP contribution >= 0.6 is 0 Å². The van der Waals surface area contributed by atoms with E-state index in [0.717, 1.165) is 18.4 Å². The predicted molar refractivity (Wildman–Crippen MR) is 107 cm³/mol. The van der Waals surface area contributed by atoms with Gasteiger partial charge in [0.15, 0.2) is 5.78 Å². The van der Waals surface area contributed by atoms with Crippen LogP contribution in [0.4, 0.5) is 0 Å². The van der Waals surface area contributed by atoms with Crippen LogP contribution in [0.5, 0.6) is 0 Å². The maximum Gasteiger partial charge on any atom is 0.309 e. The van der Waals surface area contributed by atoms with Crippen molar-refractivity contribution in [1.82, 2.24) is 0 Å². The van der Waals surface area contributed by atoms with E-state index in [0.29, 0.717) is 38.5 Å². The van der Waals surface area contributed by atoms with Gasteiger partial charge in [-0.1, -0.05) is 19.4 Å². The Bertz CT molecular complexity index is 847. The number of aliphatic hydroxyl groups excluding tert-OH is 1. The fourth-order valence-corrected chi connectivity index (χ4v) is 8.35. The van der Waals surface area contributed by atoms with Crippen molar-refractivity contribution in [2.45, 2.75) is 76.9 Å². The van der Waals surface area contributed by atoms with Crippen molar-refractivity contribution in [2.75, 3.05) is 7.11 Å².